The van der Waals surface area contributed by atoms with Gasteiger partial charge in [0, 0.05) is 16.9 Å². The number of allylic oxidation sites excluding steroid dienone is 2. The van der Waals surface area contributed by atoms with Crippen LogP contribution < -0.4 is 9.47 Å². The Morgan fingerprint density at radius 1 is 1.21 bits per heavy atom. The molecule has 1 aromatic heterocycles. The van der Waals surface area contributed by atoms with Crippen molar-refractivity contribution >= 4 is 5.78 Å². The number of benzene rings is 1. The van der Waals surface area contributed by atoms with Gasteiger partial charge in [-0.2, -0.15) is 10.2 Å². The van der Waals surface area contributed by atoms with Crippen LogP contribution in [0.25, 0.3) is 11.4 Å². The predicted molar refractivity (Wildman–Crippen MR) is 108 cm³/mol. The highest BCUT2D eigenvalue weighted by Gasteiger charge is 2.49. The van der Waals surface area contributed by atoms with E-state index in [1.54, 1.807) is 20.3 Å². The molecule has 0 N–H and O–H groups in total. The van der Waals surface area contributed by atoms with Gasteiger partial charge in [-0.3, -0.25) is 4.79 Å². The highest BCUT2D eigenvalue weighted by molar-refractivity contribution is 6.02. The third kappa shape index (κ3) is 2.80. The number of para-hydroxylation sites is 1. The van der Waals surface area contributed by atoms with E-state index in [4.69, 9.17) is 14.5 Å². The summed E-state index contributed by atoms with van der Waals surface area (Å²) in [6.45, 7) is 3.98. The van der Waals surface area contributed by atoms with Crippen molar-refractivity contribution in [2.75, 3.05) is 14.2 Å². The molecule has 148 valence electrons. The van der Waals surface area contributed by atoms with Crippen LogP contribution in [0.3, 0.4) is 0 Å². The maximum Gasteiger partial charge on any atom is 0.220 e. The van der Waals surface area contributed by atoms with Crippen molar-refractivity contribution in [3.05, 3.63) is 47.2 Å². The van der Waals surface area contributed by atoms with E-state index in [-0.39, 0.29) is 23.2 Å². The number of fused-ring (bicyclic) bond motifs is 3. The third-order valence-electron chi connectivity index (χ3n) is 6.34. The predicted octanol–water partition coefficient (Wildman–Crippen LogP) is 3.65. The number of hydrogen-bond acceptors (Lipinski definition) is 6. The molecule has 0 amide bonds. The van der Waals surface area contributed by atoms with E-state index in [0.29, 0.717) is 17.5 Å². The molecule has 29 heavy (non-hydrogen) atoms. The molecule has 6 nitrogen and oxygen atoms in total. The van der Waals surface area contributed by atoms with Crippen molar-refractivity contribution < 1.29 is 14.3 Å². The van der Waals surface area contributed by atoms with Crippen molar-refractivity contribution in [1.82, 2.24) is 9.97 Å². The average Bonchev–Trinajstić information content (AvgIpc) is 2.75. The Kier molecular flexibility index (Phi) is 4.62. The fourth-order valence-electron chi connectivity index (χ4n) is 4.86. The molecule has 1 heterocycles. The minimum Gasteiger partial charge on any atom is -0.496 e. The fraction of sp³-hybridized carbons (Fsp3) is 0.391. The molecule has 0 radical (unpaired) electrons. The number of carbonyl (C=O) groups excluding carboxylic acids is 1. The number of rotatable bonds is 3. The highest BCUT2D eigenvalue weighted by Crippen LogP contribution is 2.51. The number of aromatic nitrogens is 2. The summed E-state index contributed by atoms with van der Waals surface area (Å²) in [7, 11) is 3.22. The smallest absolute Gasteiger partial charge is 0.220 e. The molecule has 0 fully saturated rings. The second-order valence-electron chi connectivity index (χ2n) is 7.83. The summed E-state index contributed by atoms with van der Waals surface area (Å²) < 4.78 is 11.1. The van der Waals surface area contributed by atoms with Crippen LogP contribution in [-0.2, 0) is 16.6 Å². The Morgan fingerprint density at radius 3 is 2.66 bits per heavy atom. The first-order valence-corrected chi connectivity index (χ1v) is 9.70. The summed E-state index contributed by atoms with van der Waals surface area (Å²) >= 11 is 0. The molecule has 1 aromatic carbocycles. The average molecular weight is 389 g/mol. The molecule has 0 aliphatic heterocycles. The number of carbonyl (C=O) groups is 1. The lowest BCUT2D eigenvalue weighted by Crippen LogP contribution is -2.46. The van der Waals surface area contributed by atoms with Gasteiger partial charge in [-0.15, -0.1) is 0 Å². The van der Waals surface area contributed by atoms with E-state index in [9.17, 15) is 10.1 Å². The monoisotopic (exact) mass is 389 g/mol. The Morgan fingerprint density at radius 2 is 1.97 bits per heavy atom. The summed E-state index contributed by atoms with van der Waals surface area (Å²) in [5.41, 5.74) is 2.21. The normalized spacial score (nSPS) is 25.3. The molecule has 2 aromatic rings. The molecule has 0 saturated carbocycles. The topological polar surface area (TPSA) is 85.1 Å². The van der Waals surface area contributed by atoms with E-state index in [0.717, 1.165) is 29.7 Å². The SMILES string of the molecule is COc1ccccc1-c1nc(OC)c2c(n1)C1(C)C=C(C#N)C(=O)C(C)C1CC2. The summed E-state index contributed by atoms with van der Waals surface area (Å²) in [4.78, 5) is 22.2. The lowest BCUT2D eigenvalue weighted by atomic mass is 9.58. The van der Waals surface area contributed by atoms with Crippen LogP contribution in [0.15, 0.2) is 35.9 Å². The van der Waals surface area contributed by atoms with Crippen molar-refractivity contribution in [1.29, 1.82) is 5.26 Å². The van der Waals surface area contributed by atoms with Gasteiger partial charge in [0.1, 0.15) is 11.8 Å². The van der Waals surface area contributed by atoms with Gasteiger partial charge >= 0.3 is 0 Å². The number of hydrogen-bond donors (Lipinski definition) is 0. The summed E-state index contributed by atoms with van der Waals surface area (Å²) in [6, 6.07) is 9.66. The van der Waals surface area contributed by atoms with Crippen molar-refractivity contribution in [2.24, 2.45) is 11.8 Å². The first-order chi connectivity index (χ1) is 13.9. The van der Waals surface area contributed by atoms with Gasteiger partial charge in [0.25, 0.3) is 0 Å². The quantitative estimate of drug-likeness (QED) is 0.797. The Labute approximate surface area is 170 Å². The van der Waals surface area contributed by atoms with Gasteiger partial charge in [-0.25, -0.2) is 4.98 Å². The molecule has 6 heteroatoms. The number of Topliss-reactive ketones (excluding diaryl/α,β-unsaturated/α-hetero) is 1. The second kappa shape index (κ2) is 7.00. The zero-order chi connectivity index (χ0) is 20.8. The molecule has 3 unspecified atom stereocenters. The van der Waals surface area contributed by atoms with Crippen LogP contribution in [0.2, 0.25) is 0 Å². The molecular weight excluding hydrogens is 366 g/mol. The Hall–Kier alpha value is -3.20. The van der Waals surface area contributed by atoms with Crippen LogP contribution >= 0.6 is 0 Å². The number of ketones is 1. The minimum absolute atomic E-state index is 0.0738. The van der Waals surface area contributed by atoms with E-state index in [1.807, 2.05) is 31.2 Å². The molecule has 0 saturated heterocycles. The van der Waals surface area contributed by atoms with Crippen molar-refractivity contribution in [2.45, 2.75) is 32.1 Å². The maximum atomic E-state index is 12.6. The fourth-order valence-corrected chi connectivity index (χ4v) is 4.86. The van der Waals surface area contributed by atoms with E-state index in [2.05, 4.69) is 18.0 Å². The van der Waals surface area contributed by atoms with Gasteiger partial charge in [0.15, 0.2) is 11.6 Å². The molecule has 2 aliphatic rings. The summed E-state index contributed by atoms with van der Waals surface area (Å²) in [6.07, 6.45) is 3.36. The molecule has 4 rings (SSSR count). The van der Waals surface area contributed by atoms with Crippen LogP contribution in [0.1, 0.15) is 31.5 Å². The molecule has 2 aliphatic carbocycles. The minimum atomic E-state index is -0.543. The van der Waals surface area contributed by atoms with Crippen molar-refractivity contribution in [3.8, 4) is 29.1 Å². The number of methoxy groups -OCH3 is 2. The van der Waals surface area contributed by atoms with Gasteiger partial charge in [0.05, 0.1) is 31.1 Å². The first kappa shape index (κ1) is 19.1. The Balaban J connectivity index is 1.99. The lowest BCUT2D eigenvalue weighted by molar-refractivity contribution is -0.121. The standard InChI is InChI=1S/C23H23N3O3/c1-13-17-10-9-16-20(23(17,2)11-14(12-24)19(13)27)25-21(26-22(16)29-4)15-7-5-6-8-18(15)28-3/h5-8,11,13,17H,9-10H2,1-4H3. The van der Waals surface area contributed by atoms with Crippen molar-refractivity contribution in [3.63, 3.8) is 0 Å². The van der Waals surface area contributed by atoms with E-state index < -0.39 is 5.41 Å². The van der Waals surface area contributed by atoms with Gasteiger partial charge in [-0.1, -0.05) is 32.1 Å². The largest absolute Gasteiger partial charge is 0.496 e. The molecular formula is C23H23N3O3. The van der Waals surface area contributed by atoms with E-state index in [1.165, 1.54) is 0 Å². The van der Waals surface area contributed by atoms with Crippen LogP contribution in [0, 0.1) is 23.2 Å². The third-order valence-corrected chi connectivity index (χ3v) is 6.34. The molecule has 0 spiro atoms. The zero-order valence-corrected chi connectivity index (χ0v) is 17.0. The number of nitrogens with zero attached hydrogens (tertiary/aromatic N) is 3. The first-order valence-electron chi connectivity index (χ1n) is 9.70. The van der Waals surface area contributed by atoms with Gasteiger partial charge in [-0.05, 0) is 30.9 Å². The van der Waals surface area contributed by atoms with Crippen LogP contribution in [-0.4, -0.2) is 30.0 Å². The second-order valence-corrected chi connectivity index (χ2v) is 7.83. The van der Waals surface area contributed by atoms with Gasteiger partial charge in [0.2, 0.25) is 5.88 Å². The highest BCUT2D eigenvalue weighted by atomic mass is 16.5. The number of nitriles is 1. The zero-order valence-electron chi connectivity index (χ0n) is 17.0. The maximum absolute atomic E-state index is 12.6. The molecule has 3 atom stereocenters. The van der Waals surface area contributed by atoms with Crippen LogP contribution in [0.5, 0.6) is 11.6 Å². The van der Waals surface area contributed by atoms with Gasteiger partial charge < -0.3 is 9.47 Å². The number of ether oxygens (including phenoxy) is 2. The lowest BCUT2D eigenvalue weighted by Gasteiger charge is -2.45. The summed E-state index contributed by atoms with van der Waals surface area (Å²) in [5, 5.41) is 9.52. The van der Waals surface area contributed by atoms with E-state index >= 15 is 0 Å². The van der Waals surface area contributed by atoms with Crippen LogP contribution in [0.4, 0.5) is 0 Å². The Bertz CT molecular complexity index is 1070. The molecule has 0 bridgehead atoms. The summed E-state index contributed by atoms with van der Waals surface area (Å²) in [5.74, 6) is 1.48.